The summed E-state index contributed by atoms with van der Waals surface area (Å²) in [5.41, 5.74) is 0.596. The van der Waals surface area contributed by atoms with E-state index in [2.05, 4.69) is 4.98 Å². The summed E-state index contributed by atoms with van der Waals surface area (Å²) in [6.45, 7) is 0. The average molecular weight is 273 g/mol. The molecule has 4 nitrogen and oxygen atoms in total. The van der Waals surface area contributed by atoms with Gasteiger partial charge in [0.2, 0.25) is 5.88 Å². The van der Waals surface area contributed by atoms with Crippen molar-refractivity contribution in [1.82, 2.24) is 4.98 Å². The molecule has 20 heavy (non-hydrogen) atoms. The van der Waals surface area contributed by atoms with Crippen molar-refractivity contribution in [3.63, 3.8) is 0 Å². The molecule has 0 fully saturated rings. The van der Waals surface area contributed by atoms with Crippen molar-refractivity contribution >= 4 is 11.0 Å². The topological polar surface area (TPSA) is 55.5 Å². The number of hydrogen-bond acceptors (Lipinski definition) is 4. The molecule has 0 bridgehead atoms. The highest BCUT2D eigenvalue weighted by atomic mass is 19.1. The van der Waals surface area contributed by atoms with E-state index in [-0.39, 0.29) is 11.3 Å². The molecule has 0 saturated carbocycles. The number of para-hydroxylation sites is 1. The monoisotopic (exact) mass is 273 g/mol. The number of benzene rings is 1. The van der Waals surface area contributed by atoms with Crippen LogP contribution in [0.3, 0.4) is 0 Å². The van der Waals surface area contributed by atoms with Gasteiger partial charge in [-0.15, -0.1) is 0 Å². The third-order valence-electron chi connectivity index (χ3n) is 3.07. The fourth-order valence-electron chi connectivity index (χ4n) is 2.12. The third-order valence-corrected chi connectivity index (χ3v) is 3.07. The highest BCUT2D eigenvalue weighted by Crippen LogP contribution is 2.32. The summed E-state index contributed by atoms with van der Waals surface area (Å²) in [5, 5.41) is 11.0. The molecule has 3 rings (SSSR count). The van der Waals surface area contributed by atoms with Gasteiger partial charge in [0.15, 0.2) is 11.4 Å². The normalized spacial score (nSPS) is 12.6. The van der Waals surface area contributed by atoms with Crippen molar-refractivity contribution in [2.75, 3.05) is 7.11 Å². The van der Waals surface area contributed by atoms with Crippen LogP contribution in [-0.2, 0) is 0 Å². The molecule has 102 valence electrons. The molecule has 3 aromatic rings. The Labute approximate surface area is 114 Å². The molecule has 0 radical (unpaired) electrons. The number of aliphatic hydroxyl groups is 1. The molecule has 1 atom stereocenters. The first-order valence-electron chi connectivity index (χ1n) is 6.05. The molecule has 2 aromatic heterocycles. The van der Waals surface area contributed by atoms with E-state index in [0.717, 1.165) is 0 Å². The predicted molar refractivity (Wildman–Crippen MR) is 71.0 cm³/mol. The van der Waals surface area contributed by atoms with Crippen LogP contribution < -0.4 is 4.74 Å². The molecular weight excluding hydrogens is 261 g/mol. The summed E-state index contributed by atoms with van der Waals surface area (Å²) in [6.07, 6.45) is 0.498. The highest BCUT2D eigenvalue weighted by molar-refractivity contribution is 5.78. The Hall–Kier alpha value is -2.40. The van der Waals surface area contributed by atoms with Gasteiger partial charge in [0, 0.05) is 11.6 Å². The fourth-order valence-corrected chi connectivity index (χ4v) is 2.12. The summed E-state index contributed by atoms with van der Waals surface area (Å²) in [4.78, 5) is 4.02. The van der Waals surface area contributed by atoms with Crippen LogP contribution in [0.25, 0.3) is 11.0 Å². The Morgan fingerprint density at radius 2 is 2.15 bits per heavy atom. The van der Waals surface area contributed by atoms with Crippen LogP contribution >= 0.6 is 0 Å². The van der Waals surface area contributed by atoms with Gasteiger partial charge in [0.1, 0.15) is 11.9 Å². The lowest BCUT2D eigenvalue weighted by Crippen LogP contribution is -2.02. The number of ether oxygens (including phenoxy) is 1. The number of aliphatic hydroxyl groups excluding tert-OH is 1. The highest BCUT2D eigenvalue weighted by Gasteiger charge is 2.20. The summed E-state index contributed by atoms with van der Waals surface area (Å²) in [6, 6.07) is 9.60. The molecule has 0 amide bonds. The van der Waals surface area contributed by atoms with E-state index in [1.54, 1.807) is 36.5 Å². The van der Waals surface area contributed by atoms with Crippen LogP contribution in [-0.4, -0.2) is 17.2 Å². The maximum atomic E-state index is 13.6. The van der Waals surface area contributed by atoms with E-state index in [1.807, 2.05) is 0 Å². The minimum Gasteiger partial charge on any atom is -0.481 e. The van der Waals surface area contributed by atoms with Gasteiger partial charge in [-0.1, -0.05) is 12.1 Å². The number of aromatic nitrogens is 1. The number of hydrogen-bond donors (Lipinski definition) is 1. The van der Waals surface area contributed by atoms with Gasteiger partial charge in [-0.3, -0.25) is 0 Å². The molecule has 1 N–H and O–H groups in total. The number of halogens is 1. The van der Waals surface area contributed by atoms with E-state index in [4.69, 9.17) is 9.15 Å². The second-order valence-electron chi connectivity index (χ2n) is 4.31. The predicted octanol–water partition coefficient (Wildman–Crippen LogP) is 3.06. The second kappa shape index (κ2) is 4.94. The standard InChI is InChI=1S/C15H12FNO3/c1-19-15-10(5-3-7-17-15)13(18)12-8-9-4-2-6-11(16)14(9)20-12/h2-8,13,18H,1H3. The summed E-state index contributed by atoms with van der Waals surface area (Å²) >= 11 is 0. The minimum atomic E-state index is -1.06. The average Bonchev–Trinajstić information content (AvgIpc) is 2.92. The van der Waals surface area contributed by atoms with Gasteiger partial charge in [0.25, 0.3) is 0 Å². The fraction of sp³-hybridized carbons (Fsp3) is 0.133. The summed E-state index contributed by atoms with van der Waals surface area (Å²) in [5.74, 6) is 0.0939. The molecule has 5 heteroatoms. The van der Waals surface area contributed by atoms with Crippen LogP contribution in [0.15, 0.2) is 47.0 Å². The zero-order chi connectivity index (χ0) is 14.1. The van der Waals surface area contributed by atoms with Crippen LogP contribution in [0, 0.1) is 5.82 Å². The Bertz CT molecular complexity index is 754. The first-order chi connectivity index (χ1) is 9.70. The van der Waals surface area contributed by atoms with Gasteiger partial charge in [0.05, 0.1) is 12.7 Å². The SMILES string of the molecule is COc1ncccc1C(O)c1cc2cccc(F)c2o1. The van der Waals surface area contributed by atoms with Gasteiger partial charge >= 0.3 is 0 Å². The maximum absolute atomic E-state index is 13.6. The van der Waals surface area contributed by atoms with Crippen LogP contribution in [0.1, 0.15) is 17.4 Å². The first-order valence-corrected chi connectivity index (χ1v) is 6.05. The van der Waals surface area contributed by atoms with Gasteiger partial charge in [-0.25, -0.2) is 9.37 Å². The van der Waals surface area contributed by atoms with Crippen molar-refractivity contribution in [1.29, 1.82) is 0 Å². The van der Waals surface area contributed by atoms with E-state index in [9.17, 15) is 9.50 Å². The zero-order valence-electron chi connectivity index (χ0n) is 10.7. The van der Waals surface area contributed by atoms with E-state index in [1.165, 1.54) is 13.2 Å². The van der Waals surface area contributed by atoms with Crippen LogP contribution in [0.5, 0.6) is 5.88 Å². The zero-order valence-corrected chi connectivity index (χ0v) is 10.7. The van der Waals surface area contributed by atoms with Crippen molar-refractivity contribution in [3.8, 4) is 5.88 Å². The van der Waals surface area contributed by atoms with Gasteiger partial charge in [-0.2, -0.15) is 0 Å². The minimum absolute atomic E-state index is 0.129. The first kappa shape index (κ1) is 12.6. The molecule has 2 heterocycles. The molecule has 0 aliphatic heterocycles. The number of rotatable bonds is 3. The Morgan fingerprint density at radius 3 is 2.90 bits per heavy atom. The number of pyridine rings is 1. The third kappa shape index (κ3) is 2.02. The van der Waals surface area contributed by atoms with Crippen molar-refractivity contribution in [2.45, 2.75) is 6.10 Å². The van der Waals surface area contributed by atoms with E-state index < -0.39 is 11.9 Å². The van der Waals surface area contributed by atoms with Crippen molar-refractivity contribution in [2.24, 2.45) is 0 Å². The van der Waals surface area contributed by atoms with Crippen LogP contribution in [0.4, 0.5) is 4.39 Å². The Balaban J connectivity index is 2.08. The van der Waals surface area contributed by atoms with E-state index in [0.29, 0.717) is 16.8 Å². The molecule has 0 aliphatic carbocycles. The van der Waals surface area contributed by atoms with Crippen molar-refractivity contribution < 1.29 is 18.7 Å². The summed E-state index contributed by atoms with van der Waals surface area (Å²) in [7, 11) is 1.47. The Kier molecular flexibility index (Phi) is 3.12. The van der Waals surface area contributed by atoms with Gasteiger partial charge in [-0.05, 0) is 24.3 Å². The van der Waals surface area contributed by atoms with Crippen LogP contribution in [0.2, 0.25) is 0 Å². The van der Waals surface area contributed by atoms with Crippen molar-refractivity contribution in [3.05, 3.63) is 59.7 Å². The quantitative estimate of drug-likeness (QED) is 0.796. The van der Waals surface area contributed by atoms with Gasteiger partial charge < -0.3 is 14.3 Å². The lowest BCUT2D eigenvalue weighted by Gasteiger charge is -2.11. The largest absolute Gasteiger partial charge is 0.481 e. The molecule has 1 unspecified atom stereocenters. The molecule has 0 spiro atoms. The molecular formula is C15H12FNO3. The number of fused-ring (bicyclic) bond motifs is 1. The number of nitrogens with zero attached hydrogens (tertiary/aromatic N) is 1. The number of furan rings is 1. The number of methoxy groups -OCH3 is 1. The lowest BCUT2D eigenvalue weighted by atomic mass is 10.1. The molecule has 0 saturated heterocycles. The molecule has 1 aromatic carbocycles. The lowest BCUT2D eigenvalue weighted by molar-refractivity contribution is 0.186. The van der Waals surface area contributed by atoms with E-state index >= 15 is 0 Å². The Morgan fingerprint density at radius 1 is 1.30 bits per heavy atom. The molecule has 0 aliphatic rings. The second-order valence-corrected chi connectivity index (χ2v) is 4.31. The smallest absolute Gasteiger partial charge is 0.219 e. The maximum Gasteiger partial charge on any atom is 0.219 e. The summed E-state index contributed by atoms with van der Waals surface area (Å²) < 4.78 is 24.1.